The summed E-state index contributed by atoms with van der Waals surface area (Å²) in [6.45, 7) is 6.43. The van der Waals surface area contributed by atoms with Crippen LogP contribution in [0, 0.1) is 11.8 Å². The molecule has 0 aliphatic heterocycles. The number of unbranched alkanes of at least 4 members (excludes halogenated alkanes) is 3. The van der Waals surface area contributed by atoms with Gasteiger partial charge < -0.3 is 0 Å². The molecule has 1 fully saturated rings. The molecule has 2 aliphatic carbocycles. The minimum Gasteiger partial charge on any atom is -0.223 e. The highest BCUT2D eigenvalue weighted by Crippen LogP contribution is 2.57. The number of rotatable bonds is 7. The van der Waals surface area contributed by atoms with Crippen LogP contribution >= 0.6 is 0 Å². The summed E-state index contributed by atoms with van der Waals surface area (Å²) in [7, 11) is -3.42. The van der Waals surface area contributed by atoms with E-state index >= 15 is 0 Å². The van der Waals surface area contributed by atoms with Crippen molar-refractivity contribution in [1.29, 1.82) is 0 Å². The normalized spacial score (nSPS) is 29.3. The molecule has 1 aromatic rings. The summed E-state index contributed by atoms with van der Waals surface area (Å²) < 4.78 is 26.3. The summed E-state index contributed by atoms with van der Waals surface area (Å²) in [6.07, 6.45) is 10.3. The van der Waals surface area contributed by atoms with Crippen LogP contribution in [0.25, 0.3) is 0 Å². The van der Waals surface area contributed by atoms with Crippen LogP contribution in [0.3, 0.4) is 0 Å². The topological polar surface area (TPSA) is 34.1 Å². The predicted octanol–water partition coefficient (Wildman–Crippen LogP) is 4.93. The Bertz CT molecular complexity index is 702. The van der Waals surface area contributed by atoms with Gasteiger partial charge in [-0.3, -0.25) is 0 Å². The van der Waals surface area contributed by atoms with Crippen molar-refractivity contribution in [3.05, 3.63) is 54.6 Å². The summed E-state index contributed by atoms with van der Waals surface area (Å²) in [5.74, 6) is 0.330. The summed E-state index contributed by atoms with van der Waals surface area (Å²) in [5, 5.41) is 0. The second-order valence-corrected chi connectivity index (χ2v) is 9.08. The molecule has 0 saturated heterocycles. The largest absolute Gasteiger partial charge is 0.223 e. The molecule has 2 aliphatic rings. The fourth-order valence-corrected chi connectivity index (χ4v) is 6.75. The van der Waals surface area contributed by atoms with Crippen LogP contribution in [0.15, 0.2) is 59.5 Å². The van der Waals surface area contributed by atoms with Crippen molar-refractivity contribution >= 4 is 9.84 Å². The Kier molecular flexibility index (Phi) is 4.50. The van der Waals surface area contributed by atoms with Crippen LogP contribution in [0.4, 0.5) is 0 Å². The van der Waals surface area contributed by atoms with E-state index in [0.717, 1.165) is 37.7 Å². The van der Waals surface area contributed by atoms with E-state index in [2.05, 4.69) is 25.7 Å². The lowest BCUT2D eigenvalue weighted by Gasteiger charge is -2.37. The third-order valence-corrected chi connectivity index (χ3v) is 8.23. The van der Waals surface area contributed by atoms with E-state index in [9.17, 15) is 8.42 Å². The Morgan fingerprint density at radius 1 is 1.13 bits per heavy atom. The van der Waals surface area contributed by atoms with Crippen molar-refractivity contribution in [3.63, 3.8) is 0 Å². The average molecular weight is 330 g/mol. The predicted molar refractivity (Wildman–Crippen MR) is 95.0 cm³/mol. The maximum absolute atomic E-state index is 13.5. The molecule has 0 unspecified atom stereocenters. The van der Waals surface area contributed by atoms with E-state index in [4.69, 9.17) is 0 Å². The zero-order chi connectivity index (χ0) is 16.5. The van der Waals surface area contributed by atoms with Gasteiger partial charge in [-0.25, -0.2) is 8.42 Å². The molecule has 1 saturated carbocycles. The van der Waals surface area contributed by atoms with Crippen molar-refractivity contribution in [1.82, 2.24) is 0 Å². The van der Waals surface area contributed by atoms with Gasteiger partial charge in [0.15, 0.2) is 9.84 Å². The number of sulfone groups is 1. The molecule has 0 aromatic heterocycles. The van der Waals surface area contributed by atoms with Gasteiger partial charge in [-0.1, -0.05) is 69.5 Å². The van der Waals surface area contributed by atoms with Gasteiger partial charge in [0.1, 0.15) is 4.75 Å². The lowest BCUT2D eigenvalue weighted by atomic mass is 9.84. The number of benzene rings is 1. The van der Waals surface area contributed by atoms with Crippen molar-refractivity contribution < 1.29 is 8.42 Å². The van der Waals surface area contributed by atoms with Crippen molar-refractivity contribution in [2.75, 3.05) is 0 Å². The Labute approximate surface area is 140 Å². The van der Waals surface area contributed by atoms with Gasteiger partial charge >= 0.3 is 0 Å². The van der Waals surface area contributed by atoms with Gasteiger partial charge in [-0.2, -0.15) is 0 Å². The first-order valence-electron chi connectivity index (χ1n) is 8.71. The minimum atomic E-state index is -3.42. The minimum absolute atomic E-state index is 0.0897. The zero-order valence-electron chi connectivity index (χ0n) is 13.9. The number of hydrogen-bond donors (Lipinski definition) is 0. The first-order valence-corrected chi connectivity index (χ1v) is 10.2. The summed E-state index contributed by atoms with van der Waals surface area (Å²) >= 11 is 0. The highest BCUT2D eigenvalue weighted by Gasteiger charge is 2.59. The van der Waals surface area contributed by atoms with Crippen LogP contribution < -0.4 is 0 Å². The van der Waals surface area contributed by atoms with Crippen LogP contribution in [-0.4, -0.2) is 13.2 Å². The maximum Gasteiger partial charge on any atom is 0.188 e. The molecule has 1 aromatic carbocycles. The van der Waals surface area contributed by atoms with Crippen LogP contribution in [0.2, 0.25) is 0 Å². The van der Waals surface area contributed by atoms with E-state index in [0.29, 0.717) is 11.3 Å². The standard InChI is InChI=1S/C20H26O2S/c1-3-4-5-9-14-20(16(2)17-12-13-18(20)15-17)23(21,22)19-10-7-6-8-11-19/h6-8,10-13,17-18H,2-5,9,14-15H2,1H3/t17-,18+,20-/m1/s1. The van der Waals surface area contributed by atoms with E-state index in [1.54, 1.807) is 12.1 Å². The van der Waals surface area contributed by atoms with Gasteiger partial charge in [-0.05, 0) is 36.5 Å². The van der Waals surface area contributed by atoms with Gasteiger partial charge in [0.05, 0.1) is 4.90 Å². The zero-order valence-corrected chi connectivity index (χ0v) is 14.7. The second-order valence-electron chi connectivity index (χ2n) is 6.88. The lowest BCUT2D eigenvalue weighted by molar-refractivity contribution is 0.448. The highest BCUT2D eigenvalue weighted by molar-refractivity contribution is 7.93. The van der Waals surface area contributed by atoms with Crippen LogP contribution in [0.1, 0.15) is 45.4 Å². The molecule has 2 bridgehead atoms. The Morgan fingerprint density at radius 2 is 1.87 bits per heavy atom. The van der Waals surface area contributed by atoms with E-state index in [-0.39, 0.29) is 11.8 Å². The molecule has 3 heteroatoms. The van der Waals surface area contributed by atoms with Gasteiger partial charge in [0.25, 0.3) is 0 Å². The molecule has 23 heavy (non-hydrogen) atoms. The summed E-state index contributed by atoms with van der Waals surface area (Å²) in [5.41, 5.74) is 0.922. The Morgan fingerprint density at radius 3 is 2.48 bits per heavy atom. The first-order chi connectivity index (χ1) is 11.0. The lowest BCUT2D eigenvalue weighted by Crippen LogP contribution is -2.44. The third-order valence-electron chi connectivity index (χ3n) is 5.61. The van der Waals surface area contributed by atoms with Gasteiger partial charge in [0, 0.05) is 5.92 Å². The molecule has 0 radical (unpaired) electrons. The molecule has 0 spiro atoms. The molecule has 3 rings (SSSR count). The highest BCUT2D eigenvalue weighted by atomic mass is 32.2. The molecular formula is C20H26O2S. The number of hydrogen-bond acceptors (Lipinski definition) is 2. The fourth-order valence-electron chi connectivity index (χ4n) is 4.33. The Balaban J connectivity index is 2.00. The smallest absolute Gasteiger partial charge is 0.188 e. The summed E-state index contributed by atoms with van der Waals surface area (Å²) in [4.78, 5) is 0.442. The average Bonchev–Trinajstić information content (AvgIpc) is 3.14. The molecule has 124 valence electrons. The van der Waals surface area contributed by atoms with Gasteiger partial charge in [-0.15, -0.1) is 0 Å². The molecule has 2 nitrogen and oxygen atoms in total. The molecule has 3 atom stereocenters. The monoisotopic (exact) mass is 330 g/mol. The van der Waals surface area contributed by atoms with E-state index in [1.165, 1.54) is 0 Å². The SMILES string of the molecule is C=C1[C@@H]2C=C[C@@H](C2)[C@]1(CCCCCC)S(=O)(=O)c1ccccc1. The first kappa shape index (κ1) is 16.5. The molecular weight excluding hydrogens is 304 g/mol. The quantitative estimate of drug-likeness (QED) is 0.524. The fraction of sp³-hybridized carbons (Fsp3) is 0.500. The number of allylic oxidation sites excluding steroid dienone is 2. The van der Waals surface area contributed by atoms with Crippen LogP contribution in [0.5, 0.6) is 0 Å². The van der Waals surface area contributed by atoms with E-state index < -0.39 is 14.6 Å². The van der Waals surface area contributed by atoms with Gasteiger partial charge in [0.2, 0.25) is 0 Å². The molecule has 0 N–H and O–H groups in total. The number of fused-ring (bicyclic) bond motifs is 2. The van der Waals surface area contributed by atoms with Crippen LogP contribution in [-0.2, 0) is 9.84 Å². The van der Waals surface area contributed by atoms with Crippen molar-refractivity contribution in [2.24, 2.45) is 11.8 Å². The Hall–Kier alpha value is -1.35. The maximum atomic E-state index is 13.5. The third kappa shape index (κ3) is 2.50. The van der Waals surface area contributed by atoms with Crippen molar-refractivity contribution in [2.45, 2.75) is 55.1 Å². The molecule has 0 amide bonds. The second kappa shape index (κ2) is 6.27. The van der Waals surface area contributed by atoms with Crippen molar-refractivity contribution in [3.8, 4) is 0 Å². The molecule has 0 heterocycles. The summed E-state index contributed by atoms with van der Waals surface area (Å²) in [6, 6.07) is 8.94. The van der Waals surface area contributed by atoms with E-state index in [1.807, 2.05) is 18.2 Å².